The van der Waals surface area contributed by atoms with Gasteiger partial charge >= 0.3 is 0 Å². The molecule has 128 valence electrons. The molecular weight excluding hydrogens is 408 g/mol. The van der Waals surface area contributed by atoms with Crippen LogP contribution in [-0.2, 0) is 0 Å². The average molecular weight is 423 g/mol. The number of halogens is 1. The van der Waals surface area contributed by atoms with Gasteiger partial charge in [-0.05, 0) is 48.0 Å². The summed E-state index contributed by atoms with van der Waals surface area (Å²) < 4.78 is 7.33. The molecule has 0 fully saturated rings. The molecular formula is C22H15BrO2S. The molecule has 0 N–H and O–H groups in total. The highest BCUT2D eigenvalue weighted by Gasteiger charge is 2.21. The second kappa shape index (κ2) is 7.06. The highest BCUT2D eigenvalue weighted by Crippen LogP contribution is 2.40. The van der Waals surface area contributed by atoms with Crippen LogP contribution in [0, 0.1) is 0 Å². The Hall–Kier alpha value is -2.43. The van der Waals surface area contributed by atoms with E-state index in [0.717, 1.165) is 36.3 Å². The van der Waals surface area contributed by atoms with Gasteiger partial charge in [0.1, 0.15) is 5.75 Å². The summed E-state index contributed by atoms with van der Waals surface area (Å²) in [6.45, 7) is 0. The van der Waals surface area contributed by atoms with E-state index in [0.29, 0.717) is 5.56 Å². The molecule has 3 aromatic carbocycles. The Kier molecular flexibility index (Phi) is 4.62. The van der Waals surface area contributed by atoms with Gasteiger partial charge in [-0.15, -0.1) is 11.3 Å². The zero-order valence-electron chi connectivity index (χ0n) is 14.0. The van der Waals surface area contributed by atoms with Crippen LogP contribution in [0.3, 0.4) is 0 Å². The maximum absolute atomic E-state index is 13.3. The molecule has 2 nitrogen and oxygen atoms in total. The lowest BCUT2D eigenvalue weighted by Crippen LogP contribution is -2.02. The Morgan fingerprint density at radius 2 is 1.62 bits per heavy atom. The maximum Gasteiger partial charge on any atom is 0.195 e. The lowest BCUT2D eigenvalue weighted by Gasteiger charge is -2.06. The average Bonchev–Trinajstić information content (AvgIpc) is 3.07. The summed E-state index contributed by atoms with van der Waals surface area (Å²) in [4.78, 5) is 14.3. The lowest BCUT2D eigenvalue weighted by atomic mass is 9.97. The van der Waals surface area contributed by atoms with Gasteiger partial charge in [0.05, 0.1) is 7.11 Å². The van der Waals surface area contributed by atoms with Crippen LogP contribution in [-0.4, -0.2) is 12.9 Å². The first-order valence-corrected chi connectivity index (χ1v) is 9.74. The molecule has 4 heteroatoms. The number of benzene rings is 3. The maximum atomic E-state index is 13.3. The van der Waals surface area contributed by atoms with Gasteiger partial charge in [-0.2, -0.15) is 0 Å². The fourth-order valence-corrected chi connectivity index (χ4v) is 4.43. The van der Waals surface area contributed by atoms with Crippen molar-refractivity contribution in [2.75, 3.05) is 7.11 Å². The second-order valence-corrected chi connectivity index (χ2v) is 7.83. The molecule has 0 saturated heterocycles. The zero-order valence-corrected chi connectivity index (χ0v) is 16.4. The lowest BCUT2D eigenvalue weighted by molar-refractivity contribution is 0.104. The number of hydrogen-bond donors (Lipinski definition) is 0. The highest BCUT2D eigenvalue weighted by molar-refractivity contribution is 9.10. The summed E-state index contributed by atoms with van der Waals surface area (Å²) in [5.41, 5.74) is 2.47. The van der Waals surface area contributed by atoms with Gasteiger partial charge < -0.3 is 4.74 Å². The number of ketones is 1. The van der Waals surface area contributed by atoms with Gasteiger partial charge in [0.15, 0.2) is 5.78 Å². The normalized spacial score (nSPS) is 10.8. The third kappa shape index (κ3) is 3.06. The quantitative estimate of drug-likeness (QED) is 0.347. The van der Waals surface area contributed by atoms with Crippen molar-refractivity contribution in [3.05, 3.63) is 88.4 Å². The molecule has 1 aromatic heterocycles. The first-order chi connectivity index (χ1) is 12.7. The van der Waals surface area contributed by atoms with Crippen molar-refractivity contribution >= 4 is 43.1 Å². The third-order valence-electron chi connectivity index (χ3n) is 4.28. The van der Waals surface area contributed by atoms with E-state index in [1.54, 1.807) is 18.4 Å². The van der Waals surface area contributed by atoms with Crippen molar-refractivity contribution in [3.8, 4) is 16.2 Å². The minimum Gasteiger partial charge on any atom is -0.497 e. The van der Waals surface area contributed by atoms with E-state index in [1.165, 1.54) is 0 Å². The highest BCUT2D eigenvalue weighted by atomic mass is 79.9. The summed E-state index contributed by atoms with van der Waals surface area (Å²) in [5, 5.41) is 0.997. The van der Waals surface area contributed by atoms with Crippen molar-refractivity contribution in [2.45, 2.75) is 0 Å². The van der Waals surface area contributed by atoms with Gasteiger partial charge in [0, 0.05) is 30.6 Å². The van der Waals surface area contributed by atoms with E-state index in [4.69, 9.17) is 4.74 Å². The molecule has 0 atom stereocenters. The van der Waals surface area contributed by atoms with E-state index in [9.17, 15) is 4.79 Å². The number of carbonyl (C=O) groups is 1. The van der Waals surface area contributed by atoms with E-state index in [2.05, 4.69) is 22.0 Å². The number of ether oxygens (including phenoxy) is 1. The molecule has 4 aromatic rings. The van der Waals surface area contributed by atoms with Gasteiger partial charge in [-0.1, -0.05) is 46.3 Å². The minimum absolute atomic E-state index is 0.0306. The van der Waals surface area contributed by atoms with Crippen molar-refractivity contribution < 1.29 is 9.53 Å². The number of hydrogen-bond acceptors (Lipinski definition) is 3. The number of thiophene rings is 1. The van der Waals surface area contributed by atoms with Gasteiger partial charge in [-0.3, -0.25) is 4.79 Å². The van der Waals surface area contributed by atoms with Crippen molar-refractivity contribution in [3.63, 3.8) is 0 Å². The molecule has 0 amide bonds. The molecule has 4 rings (SSSR count). The number of fused-ring (bicyclic) bond motifs is 1. The molecule has 26 heavy (non-hydrogen) atoms. The van der Waals surface area contributed by atoms with Crippen molar-refractivity contribution in [1.29, 1.82) is 0 Å². The standard InChI is InChI=1S/C22H15BrO2S/c1-25-17-12-8-14(9-13-17)21(24)20-18-4-2-3-5-19(18)26-22(20)15-6-10-16(23)11-7-15/h2-13H,1H3. The predicted molar refractivity (Wildman–Crippen MR) is 111 cm³/mol. The Labute approximate surface area is 164 Å². The van der Waals surface area contributed by atoms with Crippen molar-refractivity contribution in [2.24, 2.45) is 0 Å². The SMILES string of the molecule is COc1ccc(C(=O)c2c(-c3ccc(Br)cc3)sc3ccccc23)cc1. The monoisotopic (exact) mass is 422 g/mol. The van der Waals surface area contributed by atoms with Crippen LogP contribution >= 0.6 is 27.3 Å². The second-order valence-electron chi connectivity index (χ2n) is 5.87. The fraction of sp³-hybridized carbons (Fsp3) is 0.0455. The molecule has 0 aliphatic carbocycles. The molecule has 1 heterocycles. The molecule has 0 spiro atoms. The van der Waals surface area contributed by atoms with Gasteiger partial charge in [0.25, 0.3) is 0 Å². The Balaban J connectivity index is 1.90. The summed E-state index contributed by atoms with van der Waals surface area (Å²) in [6, 6.07) is 23.4. The minimum atomic E-state index is 0.0306. The Morgan fingerprint density at radius 3 is 2.31 bits per heavy atom. The first-order valence-electron chi connectivity index (χ1n) is 8.13. The topological polar surface area (TPSA) is 26.3 Å². The van der Waals surface area contributed by atoms with Gasteiger partial charge in [0.2, 0.25) is 0 Å². The molecule has 0 unspecified atom stereocenters. The summed E-state index contributed by atoms with van der Waals surface area (Å²) in [7, 11) is 1.62. The number of carbonyl (C=O) groups excluding carboxylic acids is 1. The smallest absolute Gasteiger partial charge is 0.195 e. The molecule has 0 aliphatic rings. The van der Waals surface area contributed by atoms with Crippen LogP contribution in [0.2, 0.25) is 0 Å². The fourth-order valence-electron chi connectivity index (χ4n) is 2.96. The van der Waals surface area contributed by atoms with Crippen LogP contribution in [0.25, 0.3) is 20.5 Å². The van der Waals surface area contributed by atoms with Gasteiger partial charge in [-0.25, -0.2) is 0 Å². The zero-order chi connectivity index (χ0) is 18.1. The summed E-state index contributed by atoms with van der Waals surface area (Å²) in [5.74, 6) is 0.771. The summed E-state index contributed by atoms with van der Waals surface area (Å²) in [6.07, 6.45) is 0. The van der Waals surface area contributed by atoms with Crippen LogP contribution in [0.4, 0.5) is 0 Å². The van der Waals surface area contributed by atoms with Crippen LogP contribution < -0.4 is 4.74 Å². The molecule has 0 radical (unpaired) electrons. The van der Waals surface area contributed by atoms with Crippen LogP contribution in [0.15, 0.2) is 77.3 Å². The molecule has 0 aliphatic heterocycles. The third-order valence-corrected chi connectivity index (χ3v) is 6.03. The number of rotatable bonds is 4. The van der Waals surface area contributed by atoms with Crippen LogP contribution in [0.5, 0.6) is 5.75 Å². The van der Waals surface area contributed by atoms with E-state index in [-0.39, 0.29) is 5.78 Å². The Bertz CT molecular complexity index is 1080. The Morgan fingerprint density at radius 1 is 0.923 bits per heavy atom. The van der Waals surface area contributed by atoms with E-state index < -0.39 is 0 Å². The first kappa shape index (κ1) is 17.0. The predicted octanol–water partition coefficient (Wildman–Crippen LogP) is 6.57. The van der Waals surface area contributed by atoms with Crippen molar-refractivity contribution in [1.82, 2.24) is 0 Å². The van der Waals surface area contributed by atoms with E-state index >= 15 is 0 Å². The molecule has 0 saturated carbocycles. The molecule has 0 bridgehead atoms. The van der Waals surface area contributed by atoms with Crippen LogP contribution in [0.1, 0.15) is 15.9 Å². The summed E-state index contributed by atoms with van der Waals surface area (Å²) >= 11 is 5.13. The van der Waals surface area contributed by atoms with E-state index in [1.807, 2.05) is 66.7 Å². The largest absolute Gasteiger partial charge is 0.497 e. The number of methoxy groups -OCH3 is 1.